The van der Waals surface area contributed by atoms with E-state index in [9.17, 15) is 8.78 Å². The third kappa shape index (κ3) is 3.38. The molecule has 4 heteroatoms. The van der Waals surface area contributed by atoms with Crippen LogP contribution in [-0.4, -0.2) is 7.05 Å². The first-order valence-electron chi connectivity index (χ1n) is 6.42. The first-order chi connectivity index (χ1) is 9.51. The summed E-state index contributed by atoms with van der Waals surface area (Å²) in [5.74, 6) is -0.459. The molecule has 106 valence electrons. The minimum absolute atomic E-state index is 0.0491. The van der Waals surface area contributed by atoms with Crippen molar-refractivity contribution in [1.29, 1.82) is 0 Å². The molecule has 2 aromatic rings. The molecular formula is C16H17F2NS. The zero-order chi connectivity index (χ0) is 14.7. The third-order valence-electron chi connectivity index (χ3n) is 3.23. The van der Waals surface area contributed by atoms with E-state index < -0.39 is 0 Å². The highest BCUT2D eigenvalue weighted by Gasteiger charge is 2.13. The monoisotopic (exact) mass is 293 g/mol. The Morgan fingerprint density at radius 3 is 2.35 bits per heavy atom. The van der Waals surface area contributed by atoms with Crippen LogP contribution in [-0.2, 0) is 0 Å². The van der Waals surface area contributed by atoms with Gasteiger partial charge in [-0.15, -0.1) is 0 Å². The Bertz CT molecular complexity index is 596. The standard InChI is InChI=1S/C16H17F2NS/c1-10-8-16(14(9-15(10)18)11(2)19-3)20-13-6-4-12(17)5-7-13/h4-9,11,19H,1-3H3. The zero-order valence-corrected chi connectivity index (χ0v) is 12.5. The predicted octanol–water partition coefficient (Wildman–Crippen LogP) is 4.70. The molecule has 0 aliphatic heterocycles. The molecule has 20 heavy (non-hydrogen) atoms. The van der Waals surface area contributed by atoms with Crippen molar-refractivity contribution in [3.8, 4) is 0 Å². The summed E-state index contributed by atoms with van der Waals surface area (Å²) in [4.78, 5) is 1.92. The van der Waals surface area contributed by atoms with Crippen LogP contribution in [0.4, 0.5) is 8.78 Å². The van der Waals surface area contributed by atoms with Gasteiger partial charge in [-0.05, 0) is 68.4 Å². The Morgan fingerprint density at radius 2 is 1.75 bits per heavy atom. The highest BCUT2D eigenvalue weighted by atomic mass is 32.2. The number of nitrogens with one attached hydrogen (secondary N) is 1. The first-order valence-corrected chi connectivity index (χ1v) is 7.23. The van der Waals surface area contributed by atoms with Gasteiger partial charge in [0.15, 0.2) is 0 Å². The quantitative estimate of drug-likeness (QED) is 0.876. The fourth-order valence-electron chi connectivity index (χ4n) is 1.88. The highest BCUT2D eigenvalue weighted by molar-refractivity contribution is 7.99. The fourth-order valence-corrected chi connectivity index (χ4v) is 3.00. The number of hydrogen-bond donors (Lipinski definition) is 1. The van der Waals surface area contributed by atoms with Crippen LogP contribution in [0.1, 0.15) is 24.1 Å². The second-order valence-corrected chi connectivity index (χ2v) is 5.82. The van der Waals surface area contributed by atoms with Crippen molar-refractivity contribution in [3.05, 3.63) is 59.2 Å². The Labute approximate surface area is 122 Å². The SMILES string of the molecule is CNC(C)c1cc(F)c(C)cc1Sc1ccc(F)cc1. The average Bonchev–Trinajstić information content (AvgIpc) is 2.44. The summed E-state index contributed by atoms with van der Waals surface area (Å²) in [6.45, 7) is 3.73. The summed E-state index contributed by atoms with van der Waals surface area (Å²) >= 11 is 1.52. The minimum Gasteiger partial charge on any atom is -0.313 e. The van der Waals surface area contributed by atoms with Gasteiger partial charge in [-0.1, -0.05) is 11.8 Å². The lowest BCUT2D eigenvalue weighted by molar-refractivity contribution is 0.594. The smallest absolute Gasteiger partial charge is 0.126 e. The van der Waals surface area contributed by atoms with Crippen LogP contribution in [0.25, 0.3) is 0 Å². The lowest BCUT2D eigenvalue weighted by Gasteiger charge is -2.17. The molecule has 0 aromatic heterocycles. The van der Waals surface area contributed by atoms with E-state index in [0.29, 0.717) is 5.56 Å². The Kier molecular flexibility index (Phi) is 4.78. The third-order valence-corrected chi connectivity index (χ3v) is 4.31. The van der Waals surface area contributed by atoms with E-state index in [1.165, 1.54) is 23.9 Å². The molecule has 0 bridgehead atoms. The van der Waals surface area contributed by atoms with E-state index >= 15 is 0 Å². The van der Waals surface area contributed by atoms with E-state index in [4.69, 9.17) is 0 Å². The summed E-state index contributed by atoms with van der Waals surface area (Å²) in [6.07, 6.45) is 0. The van der Waals surface area contributed by atoms with Gasteiger partial charge in [-0.25, -0.2) is 8.78 Å². The van der Waals surface area contributed by atoms with Crippen LogP contribution in [0, 0.1) is 18.6 Å². The Hall–Kier alpha value is -1.39. The van der Waals surface area contributed by atoms with Gasteiger partial charge in [0.05, 0.1) is 0 Å². The van der Waals surface area contributed by atoms with Crippen LogP contribution in [0.15, 0.2) is 46.2 Å². The van der Waals surface area contributed by atoms with Crippen LogP contribution < -0.4 is 5.32 Å². The highest BCUT2D eigenvalue weighted by Crippen LogP contribution is 2.34. The second-order valence-electron chi connectivity index (χ2n) is 4.71. The van der Waals surface area contributed by atoms with Gasteiger partial charge in [0, 0.05) is 15.8 Å². The van der Waals surface area contributed by atoms with Crippen molar-refractivity contribution >= 4 is 11.8 Å². The summed E-state index contributed by atoms with van der Waals surface area (Å²) in [5, 5.41) is 3.12. The molecule has 1 nitrogen and oxygen atoms in total. The topological polar surface area (TPSA) is 12.0 Å². The number of hydrogen-bond acceptors (Lipinski definition) is 2. The van der Waals surface area contributed by atoms with E-state index in [1.807, 2.05) is 20.0 Å². The van der Waals surface area contributed by atoms with Crippen molar-refractivity contribution in [2.45, 2.75) is 29.7 Å². The fraction of sp³-hybridized carbons (Fsp3) is 0.250. The minimum atomic E-state index is -0.256. The predicted molar refractivity (Wildman–Crippen MR) is 79.1 cm³/mol. The van der Waals surface area contributed by atoms with Crippen molar-refractivity contribution in [3.63, 3.8) is 0 Å². The summed E-state index contributed by atoms with van der Waals surface area (Å²) in [5.41, 5.74) is 1.52. The van der Waals surface area contributed by atoms with Crippen LogP contribution >= 0.6 is 11.8 Å². The van der Waals surface area contributed by atoms with Gasteiger partial charge in [-0.3, -0.25) is 0 Å². The second kappa shape index (κ2) is 6.37. The number of aryl methyl sites for hydroxylation is 1. The molecule has 0 fully saturated rings. The number of benzene rings is 2. The normalized spacial score (nSPS) is 12.4. The molecule has 0 radical (unpaired) electrons. The molecule has 0 amide bonds. The maximum absolute atomic E-state index is 13.8. The van der Waals surface area contributed by atoms with E-state index in [2.05, 4.69) is 5.32 Å². The lowest BCUT2D eigenvalue weighted by atomic mass is 10.1. The van der Waals surface area contributed by atoms with Crippen LogP contribution in [0.3, 0.4) is 0 Å². The zero-order valence-electron chi connectivity index (χ0n) is 11.7. The molecule has 0 heterocycles. The maximum atomic E-state index is 13.8. The largest absolute Gasteiger partial charge is 0.313 e. The molecule has 2 rings (SSSR count). The van der Waals surface area contributed by atoms with E-state index in [1.54, 1.807) is 25.1 Å². The van der Waals surface area contributed by atoms with Crippen LogP contribution in [0.2, 0.25) is 0 Å². The van der Waals surface area contributed by atoms with Crippen molar-refractivity contribution in [1.82, 2.24) is 5.32 Å². The van der Waals surface area contributed by atoms with Gasteiger partial charge in [0.25, 0.3) is 0 Å². The Morgan fingerprint density at radius 1 is 1.10 bits per heavy atom. The molecule has 0 aliphatic rings. The van der Waals surface area contributed by atoms with Gasteiger partial charge in [-0.2, -0.15) is 0 Å². The summed E-state index contributed by atoms with van der Waals surface area (Å²) in [6, 6.07) is 9.78. The van der Waals surface area contributed by atoms with Crippen molar-refractivity contribution in [2.75, 3.05) is 7.05 Å². The number of halogens is 2. The molecule has 1 unspecified atom stereocenters. The van der Waals surface area contributed by atoms with E-state index in [0.717, 1.165) is 15.4 Å². The maximum Gasteiger partial charge on any atom is 0.126 e. The van der Waals surface area contributed by atoms with E-state index in [-0.39, 0.29) is 17.7 Å². The molecule has 0 spiro atoms. The van der Waals surface area contributed by atoms with Crippen molar-refractivity contribution < 1.29 is 8.78 Å². The summed E-state index contributed by atoms with van der Waals surface area (Å²) in [7, 11) is 1.84. The summed E-state index contributed by atoms with van der Waals surface area (Å²) < 4.78 is 26.7. The molecule has 2 aromatic carbocycles. The van der Waals surface area contributed by atoms with Gasteiger partial charge in [0.2, 0.25) is 0 Å². The average molecular weight is 293 g/mol. The molecule has 1 N–H and O–H groups in total. The molecular weight excluding hydrogens is 276 g/mol. The van der Waals surface area contributed by atoms with Crippen LogP contribution in [0.5, 0.6) is 0 Å². The van der Waals surface area contributed by atoms with Gasteiger partial charge in [0.1, 0.15) is 11.6 Å². The number of rotatable bonds is 4. The van der Waals surface area contributed by atoms with Gasteiger partial charge >= 0.3 is 0 Å². The lowest BCUT2D eigenvalue weighted by Crippen LogP contribution is -2.13. The first kappa shape index (κ1) is 15.0. The molecule has 0 saturated heterocycles. The molecule has 0 saturated carbocycles. The Balaban J connectivity index is 2.38. The molecule has 0 aliphatic carbocycles. The van der Waals surface area contributed by atoms with Crippen molar-refractivity contribution in [2.24, 2.45) is 0 Å². The molecule has 1 atom stereocenters. The van der Waals surface area contributed by atoms with Gasteiger partial charge < -0.3 is 5.32 Å².